The van der Waals surface area contributed by atoms with Crippen LogP contribution in [-0.2, 0) is 6.42 Å². The Bertz CT molecular complexity index is 873. The molecule has 2 unspecified atom stereocenters. The van der Waals surface area contributed by atoms with Crippen molar-refractivity contribution in [3.63, 3.8) is 0 Å². The van der Waals surface area contributed by atoms with Gasteiger partial charge in [-0.1, -0.05) is 42.5 Å². The predicted molar refractivity (Wildman–Crippen MR) is 103 cm³/mol. The number of aryl methyl sites for hydroxylation is 1. The van der Waals surface area contributed by atoms with Crippen LogP contribution in [0.3, 0.4) is 0 Å². The maximum atomic E-state index is 9.82. The molecule has 2 heterocycles. The maximum Gasteiger partial charge on any atom is 0.0705 e. The van der Waals surface area contributed by atoms with Crippen LogP contribution in [-0.4, -0.2) is 28.8 Å². The fourth-order valence-electron chi connectivity index (χ4n) is 3.81. The molecule has 1 fully saturated rings. The van der Waals surface area contributed by atoms with Crippen LogP contribution >= 0.6 is 0 Å². The summed E-state index contributed by atoms with van der Waals surface area (Å²) in [5, 5.41) is 14.5. The lowest BCUT2D eigenvalue weighted by Crippen LogP contribution is -2.41. The molecule has 0 bridgehead atoms. The van der Waals surface area contributed by atoms with Gasteiger partial charge in [-0.25, -0.2) is 0 Å². The number of aliphatic hydroxyl groups excluding tert-OH is 1. The molecule has 3 nitrogen and oxygen atoms in total. The maximum absolute atomic E-state index is 9.82. The molecule has 2 atom stereocenters. The summed E-state index contributed by atoms with van der Waals surface area (Å²) in [6.07, 6.45) is 4.49. The monoisotopic (exact) mass is 332 g/mol. The van der Waals surface area contributed by atoms with Crippen LogP contribution in [0.2, 0.25) is 0 Å². The average Bonchev–Trinajstić information content (AvgIpc) is 2.63. The van der Waals surface area contributed by atoms with Crippen molar-refractivity contribution in [2.24, 2.45) is 0 Å². The number of rotatable bonds is 3. The van der Waals surface area contributed by atoms with Crippen LogP contribution in [0.1, 0.15) is 24.0 Å². The lowest BCUT2D eigenvalue weighted by atomic mass is 9.94. The molecule has 2 aromatic carbocycles. The summed E-state index contributed by atoms with van der Waals surface area (Å²) in [5.74, 6) is 0. The highest BCUT2D eigenvalue weighted by molar-refractivity contribution is 5.88. The molecule has 2 N–H and O–H groups in total. The number of hydrogen-bond donors (Lipinski definition) is 2. The molecular formula is C22H24N2O. The minimum absolute atomic E-state index is 0.156. The van der Waals surface area contributed by atoms with E-state index in [1.807, 2.05) is 12.3 Å². The molecule has 0 radical (unpaired) electrons. The van der Waals surface area contributed by atoms with E-state index in [1.165, 1.54) is 27.6 Å². The van der Waals surface area contributed by atoms with Gasteiger partial charge < -0.3 is 10.4 Å². The normalized spacial score (nSPS) is 20.7. The van der Waals surface area contributed by atoms with Crippen molar-refractivity contribution in [3.05, 3.63) is 65.9 Å². The van der Waals surface area contributed by atoms with Gasteiger partial charge in [-0.3, -0.25) is 4.98 Å². The van der Waals surface area contributed by atoms with E-state index in [4.69, 9.17) is 0 Å². The summed E-state index contributed by atoms with van der Waals surface area (Å²) in [4.78, 5) is 4.60. The Balaban J connectivity index is 1.57. The molecule has 25 heavy (non-hydrogen) atoms. The number of nitrogens with zero attached hydrogens (tertiary/aromatic N) is 1. The third kappa shape index (κ3) is 3.44. The summed E-state index contributed by atoms with van der Waals surface area (Å²) in [6, 6.07) is 17.4. The molecule has 128 valence electrons. The number of aliphatic hydroxyl groups is 1. The van der Waals surface area contributed by atoms with Gasteiger partial charge in [0.25, 0.3) is 0 Å². The van der Waals surface area contributed by atoms with E-state index in [0.29, 0.717) is 6.04 Å². The number of aromatic nitrogens is 1. The smallest absolute Gasteiger partial charge is 0.0705 e. The molecule has 0 aliphatic carbocycles. The van der Waals surface area contributed by atoms with Crippen molar-refractivity contribution in [1.82, 2.24) is 10.3 Å². The zero-order chi connectivity index (χ0) is 17.2. The van der Waals surface area contributed by atoms with Gasteiger partial charge in [-0.05, 0) is 55.5 Å². The highest BCUT2D eigenvalue weighted by Gasteiger charge is 2.19. The van der Waals surface area contributed by atoms with Crippen LogP contribution in [0, 0.1) is 6.92 Å². The van der Waals surface area contributed by atoms with Crippen LogP contribution in [0.25, 0.3) is 22.0 Å². The van der Waals surface area contributed by atoms with Gasteiger partial charge >= 0.3 is 0 Å². The fourth-order valence-corrected chi connectivity index (χ4v) is 3.81. The topological polar surface area (TPSA) is 45.1 Å². The standard InChI is InChI=1S/C22H24N2O/c1-15-20-4-2-3-5-22(20)24-14-21(15)17-8-6-16(7-9-17)12-18-13-19(25)10-11-23-18/h2-9,14,18-19,23,25H,10-13H2,1H3. The molecule has 3 heteroatoms. The Kier molecular flexibility index (Phi) is 4.51. The van der Waals surface area contributed by atoms with Gasteiger partial charge in [-0.15, -0.1) is 0 Å². The number of fused-ring (bicyclic) bond motifs is 1. The molecule has 1 aliphatic heterocycles. The Labute approximate surface area is 148 Å². The number of pyridine rings is 1. The fraction of sp³-hybridized carbons (Fsp3) is 0.318. The van der Waals surface area contributed by atoms with Gasteiger partial charge in [-0.2, -0.15) is 0 Å². The van der Waals surface area contributed by atoms with Crippen molar-refractivity contribution in [1.29, 1.82) is 0 Å². The average molecular weight is 332 g/mol. The molecule has 3 aromatic rings. The van der Waals surface area contributed by atoms with E-state index in [-0.39, 0.29) is 6.10 Å². The van der Waals surface area contributed by atoms with Crippen LogP contribution in [0.4, 0.5) is 0 Å². The second kappa shape index (κ2) is 6.95. The van der Waals surface area contributed by atoms with E-state index in [0.717, 1.165) is 31.3 Å². The molecular weight excluding hydrogens is 308 g/mol. The molecule has 1 aromatic heterocycles. The van der Waals surface area contributed by atoms with E-state index in [9.17, 15) is 5.11 Å². The van der Waals surface area contributed by atoms with Crippen LogP contribution in [0.5, 0.6) is 0 Å². The summed E-state index contributed by atoms with van der Waals surface area (Å²) in [5.41, 5.74) is 6.02. The number of benzene rings is 2. The quantitative estimate of drug-likeness (QED) is 0.765. The number of para-hydroxylation sites is 1. The van der Waals surface area contributed by atoms with Crippen molar-refractivity contribution >= 4 is 10.9 Å². The van der Waals surface area contributed by atoms with Gasteiger partial charge in [0.2, 0.25) is 0 Å². The largest absolute Gasteiger partial charge is 0.393 e. The SMILES string of the molecule is Cc1c(-c2ccc(CC3CC(O)CCN3)cc2)cnc2ccccc12. The van der Waals surface area contributed by atoms with E-state index < -0.39 is 0 Å². The Morgan fingerprint density at radius 2 is 1.92 bits per heavy atom. The van der Waals surface area contributed by atoms with Crippen molar-refractivity contribution in [2.75, 3.05) is 6.54 Å². The molecule has 1 aliphatic rings. The third-order valence-electron chi connectivity index (χ3n) is 5.26. The second-order valence-corrected chi connectivity index (χ2v) is 7.04. The van der Waals surface area contributed by atoms with Crippen molar-refractivity contribution in [3.8, 4) is 11.1 Å². The first-order valence-corrected chi connectivity index (χ1v) is 9.06. The summed E-state index contributed by atoms with van der Waals surface area (Å²) in [7, 11) is 0. The molecule has 4 rings (SSSR count). The number of hydrogen-bond acceptors (Lipinski definition) is 3. The Morgan fingerprint density at radius 1 is 1.12 bits per heavy atom. The van der Waals surface area contributed by atoms with E-state index in [2.05, 4.69) is 59.7 Å². The van der Waals surface area contributed by atoms with Gasteiger partial charge in [0.15, 0.2) is 0 Å². The first kappa shape index (κ1) is 16.2. The number of piperidine rings is 1. The predicted octanol–water partition coefficient (Wildman–Crippen LogP) is 3.87. The Morgan fingerprint density at radius 3 is 2.72 bits per heavy atom. The van der Waals surface area contributed by atoms with Crippen molar-refractivity contribution < 1.29 is 5.11 Å². The summed E-state index contributed by atoms with van der Waals surface area (Å²) < 4.78 is 0. The lowest BCUT2D eigenvalue weighted by molar-refractivity contribution is 0.116. The van der Waals surface area contributed by atoms with E-state index in [1.54, 1.807) is 0 Å². The van der Waals surface area contributed by atoms with Gasteiger partial charge in [0, 0.05) is 23.2 Å². The molecule has 0 saturated carbocycles. The van der Waals surface area contributed by atoms with E-state index >= 15 is 0 Å². The minimum Gasteiger partial charge on any atom is -0.393 e. The zero-order valence-electron chi connectivity index (χ0n) is 14.6. The summed E-state index contributed by atoms with van der Waals surface area (Å²) in [6.45, 7) is 3.08. The first-order chi connectivity index (χ1) is 12.2. The number of nitrogens with one attached hydrogen (secondary N) is 1. The first-order valence-electron chi connectivity index (χ1n) is 9.06. The molecule has 1 saturated heterocycles. The second-order valence-electron chi connectivity index (χ2n) is 7.04. The van der Waals surface area contributed by atoms with Crippen LogP contribution < -0.4 is 5.32 Å². The summed E-state index contributed by atoms with van der Waals surface area (Å²) >= 11 is 0. The molecule has 0 spiro atoms. The van der Waals surface area contributed by atoms with Crippen molar-refractivity contribution in [2.45, 2.75) is 38.3 Å². The van der Waals surface area contributed by atoms with Gasteiger partial charge in [0.1, 0.15) is 0 Å². The van der Waals surface area contributed by atoms with Crippen LogP contribution in [0.15, 0.2) is 54.7 Å². The Hall–Kier alpha value is -2.23. The highest BCUT2D eigenvalue weighted by atomic mass is 16.3. The minimum atomic E-state index is -0.156. The lowest BCUT2D eigenvalue weighted by Gasteiger charge is -2.27. The van der Waals surface area contributed by atoms with Gasteiger partial charge in [0.05, 0.1) is 11.6 Å². The third-order valence-corrected chi connectivity index (χ3v) is 5.26. The molecule has 0 amide bonds. The highest BCUT2D eigenvalue weighted by Crippen LogP contribution is 2.28. The zero-order valence-corrected chi connectivity index (χ0v) is 14.6.